The van der Waals surface area contributed by atoms with E-state index in [1.54, 1.807) is 19.1 Å². The lowest BCUT2D eigenvalue weighted by Crippen LogP contribution is -2.52. The summed E-state index contributed by atoms with van der Waals surface area (Å²) in [6.07, 6.45) is 0.340. The summed E-state index contributed by atoms with van der Waals surface area (Å²) in [6, 6.07) is 17.2. The van der Waals surface area contributed by atoms with Crippen molar-refractivity contribution in [1.82, 2.24) is 10.2 Å². The molecule has 220 valence electrons. The topological polar surface area (TPSA) is 105 Å². The zero-order valence-electron chi connectivity index (χ0n) is 23.9. The molecule has 0 heterocycles. The van der Waals surface area contributed by atoms with Crippen LogP contribution in [-0.4, -0.2) is 58.5 Å². The zero-order chi connectivity index (χ0) is 30.2. The van der Waals surface area contributed by atoms with Crippen LogP contribution in [0.2, 0.25) is 5.02 Å². The largest absolute Gasteiger partial charge is 0.493 e. The van der Waals surface area contributed by atoms with E-state index in [9.17, 15) is 18.0 Å². The van der Waals surface area contributed by atoms with E-state index >= 15 is 0 Å². The molecule has 0 aromatic heterocycles. The van der Waals surface area contributed by atoms with E-state index < -0.39 is 28.5 Å². The highest BCUT2D eigenvalue weighted by molar-refractivity contribution is 7.92. The first kappa shape index (κ1) is 31.8. The number of hydrogen-bond acceptors (Lipinski definition) is 6. The molecule has 41 heavy (non-hydrogen) atoms. The minimum atomic E-state index is -4.29. The van der Waals surface area contributed by atoms with Gasteiger partial charge in [-0.25, -0.2) is 8.42 Å². The van der Waals surface area contributed by atoms with Gasteiger partial charge in [-0.3, -0.25) is 13.9 Å². The van der Waals surface area contributed by atoms with Gasteiger partial charge < -0.3 is 19.7 Å². The van der Waals surface area contributed by atoms with Crippen LogP contribution in [0, 0.1) is 6.92 Å². The molecule has 9 nitrogen and oxygen atoms in total. The Morgan fingerprint density at radius 3 is 2.22 bits per heavy atom. The highest BCUT2D eigenvalue weighted by Crippen LogP contribution is 2.32. The molecule has 0 saturated heterocycles. The molecule has 0 aliphatic rings. The van der Waals surface area contributed by atoms with Crippen LogP contribution in [0.25, 0.3) is 0 Å². The fourth-order valence-electron chi connectivity index (χ4n) is 4.46. The summed E-state index contributed by atoms with van der Waals surface area (Å²) in [5.74, 6) is -0.266. The van der Waals surface area contributed by atoms with Crippen molar-refractivity contribution in [3.8, 4) is 11.5 Å². The van der Waals surface area contributed by atoms with Crippen molar-refractivity contribution >= 4 is 39.1 Å². The van der Waals surface area contributed by atoms with Gasteiger partial charge in [-0.15, -0.1) is 0 Å². The van der Waals surface area contributed by atoms with Crippen molar-refractivity contribution in [2.45, 2.75) is 44.7 Å². The molecule has 0 unspecified atom stereocenters. The summed E-state index contributed by atoms with van der Waals surface area (Å²) >= 11 is 6.09. The van der Waals surface area contributed by atoms with E-state index in [0.29, 0.717) is 23.7 Å². The molecule has 3 aromatic carbocycles. The minimum Gasteiger partial charge on any atom is -0.493 e. The fourth-order valence-corrected chi connectivity index (χ4v) is 6.02. The second-order valence-corrected chi connectivity index (χ2v) is 11.6. The fraction of sp³-hybridized carbons (Fsp3) is 0.333. The number of carbonyl (C=O) groups excluding carboxylic acids is 2. The van der Waals surface area contributed by atoms with Crippen molar-refractivity contribution in [1.29, 1.82) is 0 Å². The number of sulfonamides is 1. The number of nitrogens with one attached hydrogen (secondary N) is 1. The van der Waals surface area contributed by atoms with Gasteiger partial charge in [0.2, 0.25) is 11.8 Å². The van der Waals surface area contributed by atoms with Gasteiger partial charge in [0.1, 0.15) is 12.6 Å². The third-order valence-corrected chi connectivity index (χ3v) is 8.53. The average Bonchev–Trinajstić information content (AvgIpc) is 2.96. The van der Waals surface area contributed by atoms with Crippen LogP contribution in [0.15, 0.2) is 71.6 Å². The molecule has 0 aliphatic heterocycles. The summed E-state index contributed by atoms with van der Waals surface area (Å²) in [6.45, 7) is 5.52. The highest BCUT2D eigenvalue weighted by atomic mass is 35.5. The Kier molecular flexibility index (Phi) is 11.0. The van der Waals surface area contributed by atoms with Gasteiger partial charge >= 0.3 is 0 Å². The monoisotopic (exact) mass is 601 g/mol. The Labute approximate surface area is 247 Å². The molecule has 0 fully saturated rings. The smallest absolute Gasteiger partial charge is 0.264 e. The SMILES string of the molecule is CCNC(=O)[C@@H](CC)N(Cc1cccc(C)c1)C(=O)CN(c1ccc(Cl)cc1)S(=O)(=O)c1ccc(OC)c(OC)c1. The first-order valence-corrected chi connectivity index (χ1v) is 15.0. The van der Waals surface area contributed by atoms with Gasteiger partial charge in [0.25, 0.3) is 10.0 Å². The van der Waals surface area contributed by atoms with Crippen LogP contribution in [0.3, 0.4) is 0 Å². The number of carbonyl (C=O) groups is 2. The number of rotatable bonds is 13. The van der Waals surface area contributed by atoms with Crippen LogP contribution < -0.4 is 19.1 Å². The van der Waals surface area contributed by atoms with E-state index in [0.717, 1.165) is 15.4 Å². The number of anilines is 1. The van der Waals surface area contributed by atoms with Crippen molar-refractivity contribution < 1.29 is 27.5 Å². The Morgan fingerprint density at radius 1 is 0.951 bits per heavy atom. The van der Waals surface area contributed by atoms with Gasteiger partial charge in [-0.1, -0.05) is 48.4 Å². The predicted octanol–water partition coefficient (Wildman–Crippen LogP) is 4.80. The molecular weight excluding hydrogens is 566 g/mol. The number of ether oxygens (including phenoxy) is 2. The Morgan fingerprint density at radius 2 is 1.63 bits per heavy atom. The molecule has 1 atom stereocenters. The van der Waals surface area contributed by atoms with Gasteiger partial charge in [0.05, 0.1) is 24.8 Å². The van der Waals surface area contributed by atoms with Crippen LogP contribution in [-0.2, 0) is 26.2 Å². The Balaban J connectivity index is 2.09. The average molecular weight is 602 g/mol. The zero-order valence-corrected chi connectivity index (χ0v) is 25.5. The maximum Gasteiger partial charge on any atom is 0.264 e. The van der Waals surface area contributed by atoms with Crippen LogP contribution in [0.4, 0.5) is 5.69 Å². The lowest BCUT2D eigenvalue weighted by Gasteiger charge is -2.33. The summed E-state index contributed by atoms with van der Waals surface area (Å²) < 4.78 is 39.7. The minimum absolute atomic E-state index is 0.0982. The Hall–Kier alpha value is -3.76. The Bertz CT molecular complexity index is 1460. The van der Waals surface area contributed by atoms with Crippen molar-refractivity contribution in [3.05, 3.63) is 82.9 Å². The summed E-state index contributed by atoms with van der Waals surface area (Å²) in [5.41, 5.74) is 2.06. The van der Waals surface area contributed by atoms with Crippen LogP contribution in [0.5, 0.6) is 11.5 Å². The van der Waals surface area contributed by atoms with E-state index in [1.807, 2.05) is 38.1 Å². The molecule has 3 rings (SSSR count). The van der Waals surface area contributed by atoms with Crippen molar-refractivity contribution in [2.75, 3.05) is 31.6 Å². The van der Waals surface area contributed by atoms with E-state index in [4.69, 9.17) is 21.1 Å². The number of aryl methyl sites for hydroxylation is 1. The van der Waals surface area contributed by atoms with Gasteiger partial charge in [-0.05, 0) is 62.2 Å². The van der Waals surface area contributed by atoms with E-state index in [2.05, 4.69) is 5.32 Å². The van der Waals surface area contributed by atoms with E-state index in [1.165, 1.54) is 49.5 Å². The number of nitrogens with zero attached hydrogens (tertiary/aromatic N) is 2. The molecule has 0 spiro atoms. The third kappa shape index (κ3) is 7.71. The third-order valence-electron chi connectivity index (χ3n) is 6.51. The van der Waals surface area contributed by atoms with Crippen LogP contribution >= 0.6 is 11.6 Å². The molecule has 2 amide bonds. The molecule has 0 radical (unpaired) electrons. The maximum absolute atomic E-state index is 14.1. The second-order valence-electron chi connectivity index (χ2n) is 9.33. The molecule has 0 aliphatic carbocycles. The van der Waals surface area contributed by atoms with Crippen molar-refractivity contribution in [3.63, 3.8) is 0 Å². The first-order chi connectivity index (χ1) is 19.5. The summed E-state index contributed by atoms with van der Waals surface area (Å²) in [5, 5.41) is 3.20. The summed E-state index contributed by atoms with van der Waals surface area (Å²) in [4.78, 5) is 28.4. The lowest BCUT2D eigenvalue weighted by atomic mass is 10.1. The highest BCUT2D eigenvalue weighted by Gasteiger charge is 2.34. The number of halogens is 1. The number of hydrogen-bond donors (Lipinski definition) is 1. The van der Waals surface area contributed by atoms with Gasteiger partial charge in [0, 0.05) is 24.2 Å². The summed E-state index contributed by atoms with van der Waals surface area (Å²) in [7, 11) is -1.43. The van der Waals surface area contributed by atoms with Gasteiger partial charge in [-0.2, -0.15) is 0 Å². The molecule has 1 N–H and O–H groups in total. The molecule has 11 heteroatoms. The number of amides is 2. The van der Waals surface area contributed by atoms with Gasteiger partial charge in [0.15, 0.2) is 11.5 Å². The molecule has 3 aromatic rings. The maximum atomic E-state index is 14.1. The molecule has 0 saturated carbocycles. The number of methoxy groups -OCH3 is 2. The van der Waals surface area contributed by atoms with Crippen molar-refractivity contribution in [2.24, 2.45) is 0 Å². The quantitative estimate of drug-likeness (QED) is 0.302. The number of likely N-dealkylation sites (N-methyl/N-ethyl adjacent to an activating group) is 1. The molecular formula is C30H36ClN3O6S. The normalized spacial score (nSPS) is 11.9. The van der Waals surface area contributed by atoms with Crippen LogP contribution in [0.1, 0.15) is 31.4 Å². The first-order valence-electron chi connectivity index (χ1n) is 13.2. The lowest BCUT2D eigenvalue weighted by molar-refractivity contribution is -0.140. The molecule has 0 bridgehead atoms. The number of benzene rings is 3. The van der Waals surface area contributed by atoms with E-state index in [-0.39, 0.29) is 28.8 Å². The predicted molar refractivity (Wildman–Crippen MR) is 160 cm³/mol. The second kappa shape index (κ2) is 14.2. The standard InChI is InChI=1S/C30H36ClN3O6S/c1-6-26(30(36)32-7-2)33(19-22-10-8-9-21(3)17-22)29(35)20-34(24-13-11-23(31)12-14-24)41(37,38)25-15-16-27(39-4)28(18-25)40-5/h8-18,26H,6-7,19-20H2,1-5H3,(H,32,36)/t26-/m1/s1.